The van der Waals surface area contributed by atoms with Gasteiger partial charge >= 0.3 is 0 Å². The van der Waals surface area contributed by atoms with Gasteiger partial charge in [-0.3, -0.25) is 19.7 Å². The number of rotatable bonds is 6. The number of thioether (sulfide) groups is 1. The minimum Gasteiger partial charge on any atom is -0.333 e. The van der Waals surface area contributed by atoms with E-state index in [2.05, 4.69) is 5.32 Å². The summed E-state index contributed by atoms with van der Waals surface area (Å²) in [6.07, 6.45) is 1.27. The van der Waals surface area contributed by atoms with Gasteiger partial charge in [-0.05, 0) is 6.42 Å². The highest BCUT2D eigenvalue weighted by Gasteiger charge is 2.22. The Labute approximate surface area is 111 Å². The maximum absolute atomic E-state index is 11.5. The first kappa shape index (κ1) is 15.0. The fourth-order valence-electron chi connectivity index (χ4n) is 1.56. The van der Waals surface area contributed by atoms with Crippen molar-refractivity contribution in [1.82, 2.24) is 10.2 Å². The third-order valence-electron chi connectivity index (χ3n) is 2.62. The van der Waals surface area contributed by atoms with Crippen molar-refractivity contribution in [2.24, 2.45) is 5.73 Å². The van der Waals surface area contributed by atoms with Crippen LogP contribution in [0.25, 0.3) is 0 Å². The van der Waals surface area contributed by atoms with Crippen LogP contribution < -0.4 is 11.1 Å². The summed E-state index contributed by atoms with van der Waals surface area (Å²) in [4.78, 5) is 35.7. The zero-order chi connectivity index (χ0) is 13.5. The van der Waals surface area contributed by atoms with E-state index < -0.39 is 5.91 Å². The lowest BCUT2D eigenvalue weighted by Gasteiger charge is -2.14. The Morgan fingerprint density at radius 2 is 2.22 bits per heavy atom. The summed E-state index contributed by atoms with van der Waals surface area (Å²) in [6, 6.07) is 0. The van der Waals surface area contributed by atoms with Crippen LogP contribution in [0.4, 0.5) is 0 Å². The van der Waals surface area contributed by atoms with Crippen LogP contribution in [0.3, 0.4) is 0 Å². The molecule has 1 atom stereocenters. The zero-order valence-electron chi connectivity index (χ0n) is 10.5. The van der Waals surface area contributed by atoms with Crippen molar-refractivity contribution < 1.29 is 14.4 Å². The van der Waals surface area contributed by atoms with Gasteiger partial charge in [-0.15, -0.1) is 11.8 Å². The molecular formula is C11H19N3O3S. The molecular weight excluding hydrogens is 254 g/mol. The molecule has 6 nitrogen and oxygen atoms in total. The van der Waals surface area contributed by atoms with Crippen LogP contribution in [0.15, 0.2) is 0 Å². The molecule has 1 aliphatic heterocycles. The predicted molar refractivity (Wildman–Crippen MR) is 69.9 cm³/mol. The topological polar surface area (TPSA) is 92.5 Å². The van der Waals surface area contributed by atoms with Gasteiger partial charge in [-0.1, -0.05) is 6.92 Å². The molecule has 102 valence electrons. The van der Waals surface area contributed by atoms with Crippen molar-refractivity contribution >= 4 is 29.5 Å². The van der Waals surface area contributed by atoms with Crippen molar-refractivity contribution in [2.45, 2.75) is 25.0 Å². The molecule has 3 amide bonds. The number of nitrogens with one attached hydrogen (secondary N) is 1. The number of likely N-dealkylation sites (tertiary alicyclic amines) is 1. The van der Waals surface area contributed by atoms with Crippen molar-refractivity contribution in [3.8, 4) is 0 Å². The van der Waals surface area contributed by atoms with Crippen molar-refractivity contribution in [1.29, 1.82) is 0 Å². The first-order chi connectivity index (χ1) is 8.52. The summed E-state index contributed by atoms with van der Waals surface area (Å²) < 4.78 is 0. The largest absolute Gasteiger partial charge is 0.333 e. The number of imide groups is 1. The number of carbonyl (C=O) groups excluding carboxylic acids is 3. The van der Waals surface area contributed by atoms with Crippen LogP contribution in [-0.4, -0.2) is 53.3 Å². The van der Waals surface area contributed by atoms with Gasteiger partial charge in [-0.25, -0.2) is 0 Å². The van der Waals surface area contributed by atoms with Gasteiger partial charge in [0, 0.05) is 24.8 Å². The summed E-state index contributed by atoms with van der Waals surface area (Å²) in [5, 5.41) is 2.46. The second-order valence-electron chi connectivity index (χ2n) is 4.25. The number of hydrogen-bond acceptors (Lipinski definition) is 5. The standard InChI is InChI=1S/C11H19N3O3S/c1-8(5-12)18-7-10(16)13-9(15)6-14-4-2-3-11(14)17/h8H,2-7,12H2,1H3,(H,13,15,16). The second kappa shape index (κ2) is 7.38. The maximum atomic E-state index is 11.5. The van der Waals surface area contributed by atoms with Crippen LogP contribution in [0.1, 0.15) is 19.8 Å². The summed E-state index contributed by atoms with van der Waals surface area (Å²) in [5.41, 5.74) is 5.42. The molecule has 1 aliphatic rings. The molecule has 18 heavy (non-hydrogen) atoms. The summed E-state index contributed by atoms with van der Waals surface area (Å²) in [6.45, 7) is 2.98. The molecule has 0 aromatic carbocycles. The average molecular weight is 273 g/mol. The van der Waals surface area contributed by atoms with E-state index in [1.54, 1.807) is 0 Å². The Kier molecular flexibility index (Phi) is 6.14. The minimum absolute atomic E-state index is 0.0243. The molecule has 0 saturated carbocycles. The Balaban J connectivity index is 2.23. The molecule has 0 radical (unpaired) electrons. The molecule has 0 aromatic rings. The molecule has 1 unspecified atom stereocenters. The van der Waals surface area contributed by atoms with E-state index >= 15 is 0 Å². The van der Waals surface area contributed by atoms with Crippen molar-refractivity contribution in [3.63, 3.8) is 0 Å². The van der Waals surface area contributed by atoms with E-state index in [-0.39, 0.29) is 29.4 Å². The SMILES string of the molecule is CC(CN)SCC(=O)NC(=O)CN1CCCC1=O. The summed E-state index contributed by atoms with van der Waals surface area (Å²) >= 11 is 1.40. The lowest BCUT2D eigenvalue weighted by atomic mass is 10.4. The van der Waals surface area contributed by atoms with Gasteiger partial charge in [0.2, 0.25) is 17.7 Å². The van der Waals surface area contributed by atoms with Crippen LogP contribution >= 0.6 is 11.8 Å². The molecule has 0 aliphatic carbocycles. The van der Waals surface area contributed by atoms with Gasteiger partial charge in [0.05, 0.1) is 12.3 Å². The van der Waals surface area contributed by atoms with Crippen molar-refractivity contribution in [2.75, 3.05) is 25.4 Å². The molecule has 1 fully saturated rings. The van der Waals surface area contributed by atoms with Crippen LogP contribution in [-0.2, 0) is 14.4 Å². The number of nitrogens with two attached hydrogens (primary N) is 1. The van der Waals surface area contributed by atoms with Crippen LogP contribution in [0.5, 0.6) is 0 Å². The maximum Gasteiger partial charge on any atom is 0.246 e. The third kappa shape index (κ3) is 5.05. The summed E-state index contributed by atoms with van der Waals surface area (Å²) in [5.74, 6) is -0.574. The molecule has 0 spiro atoms. The van der Waals surface area contributed by atoms with E-state index in [1.165, 1.54) is 16.7 Å². The highest BCUT2D eigenvalue weighted by Crippen LogP contribution is 2.09. The van der Waals surface area contributed by atoms with Gasteiger partial charge in [0.1, 0.15) is 0 Å². The second-order valence-corrected chi connectivity index (χ2v) is 5.67. The highest BCUT2D eigenvalue weighted by molar-refractivity contribution is 8.00. The minimum atomic E-state index is -0.420. The predicted octanol–water partition coefficient (Wildman–Crippen LogP) is -0.668. The molecule has 0 bridgehead atoms. The van der Waals surface area contributed by atoms with Crippen LogP contribution in [0.2, 0.25) is 0 Å². The van der Waals surface area contributed by atoms with Gasteiger partial charge in [-0.2, -0.15) is 0 Å². The van der Waals surface area contributed by atoms with Gasteiger partial charge in [0.25, 0.3) is 0 Å². The first-order valence-corrected chi connectivity index (χ1v) is 7.00. The van der Waals surface area contributed by atoms with E-state index in [0.29, 0.717) is 19.5 Å². The van der Waals surface area contributed by atoms with E-state index in [9.17, 15) is 14.4 Å². The number of nitrogens with zero attached hydrogens (tertiary/aromatic N) is 1. The Morgan fingerprint density at radius 1 is 1.50 bits per heavy atom. The molecule has 1 heterocycles. The molecule has 7 heteroatoms. The fourth-order valence-corrected chi connectivity index (χ4v) is 2.21. The zero-order valence-corrected chi connectivity index (χ0v) is 11.3. The fraction of sp³-hybridized carbons (Fsp3) is 0.727. The third-order valence-corrected chi connectivity index (χ3v) is 3.81. The lowest BCUT2D eigenvalue weighted by Crippen LogP contribution is -2.41. The molecule has 3 N–H and O–H groups in total. The van der Waals surface area contributed by atoms with Crippen LogP contribution in [0, 0.1) is 0 Å². The molecule has 1 saturated heterocycles. The normalized spacial score (nSPS) is 16.8. The average Bonchev–Trinajstić information content (AvgIpc) is 2.71. The number of amides is 3. The van der Waals surface area contributed by atoms with E-state index in [1.807, 2.05) is 6.92 Å². The smallest absolute Gasteiger partial charge is 0.246 e. The Morgan fingerprint density at radius 3 is 2.78 bits per heavy atom. The van der Waals surface area contributed by atoms with E-state index in [4.69, 9.17) is 5.73 Å². The van der Waals surface area contributed by atoms with Crippen molar-refractivity contribution in [3.05, 3.63) is 0 Å². The van der Waals surface area contributed by atoms with Gasteiger partial charge < -0.3 is 10.6 Å². The first-order valence-electron chi connectivity index (χ1n) is 5.95. The molecule has 1 rings (SSSR count). The molecule has 0 aromatic heterocycles. The lowest BCUT2D eigenvalue weighted by molar-refractivity contribution is -0.135. The monoisotopic (exact) mass is 273 g/mol. The van der Waals surface area contributed by atoms with E-state index in [0.717, 1.165) is 6.42 Å². The number of hydrogen-bond donors (Lipinski definition) is 2. The van der Waals surface area contributed by atoms with Gasteiger partial charge in [0.15, 0.2) is 0 Å². The highest BCUT2D eigenvalue weighted by atomic mass is 32.2. The summed E-state index contributed by atoms with van der Waals surface area (Å²) in [7, 11) is 0. The quantitative estimate of drug-likeness (QED) is 0.670. The Hall–Kier alpha value is -1.08. The number of carbonyl (C=O) groups is 3. The Bertz CT molecular complexity index is 335.